The van der Waals surface area contributed by atoms with Crippen LogP contribution in [-0.4, -0.2) is 28.2 Å². The van der Waals surface area contributed by atoms with E-state index in [1.165, 1.54) is 29.2 Å². The number of hydrogen-bond acceptors (Lipinski definition) is 5. The Labute approximate surface area is 196 Å². The average Bonchev–Trinajstić information content (AvgIpc) is 3.23. The van der Waals surface area contributed by atoms with Crippen LogP contribution in [0.3, 0.4) is 0 Å². The predicted octanol–water partition coefficient (Wildman–Crippen LogP) is 5.22. The fourth-order valence-corrected chi connectivity index (χ4v) is 4.47. The number of sulfonamides is 1. The van der Waals surface area contributed by atoms with Gasteiger partial charge in [0.25, 0.3) is 10.0 Å². The van der Waals surface area contributed by atoms with Gasteiger partial charge in [-0.3, -0.25) is 9.29 Å². The lowest BCUT2D eigenvalue weighted by Crippen LogP contribution is -2.16. The predicted molar refractivity (Wildman–Crippen MR) is 126 cm³/mol. The third kappa shape index (κ3) is 4.74. The second kappa shape index (κ2) is 8.57. The largest absolute Gasteiger partial charge is 0.277 e. The van der Waals surface area contributed by atoms with E-state index in [1.807, 2.05) is 20.8 Å². The first-order chi connectivity index (χ1) is 15.6. The van der Waals surface area contributed by atoms with Crippen molar-refractivity contribution in [1.29, 1.82) is 0 Å². The molecular weight excluding hydrogens is 465 g/mol. The minimum atomic E-state index is -3.97. The highest BCUT2D eigenvalue weighted by atomic mass is 35.5. The molecule has 0 spiro atoms. The smallest absolute Gasteiger partial charge is 0.261 e. The van der Waals surface area contributed by atoms with Crippen LogP contribution in [-0.2, 0) is 15.4 Å². The van der Waals surface area contributed by atoms with Crippen molar-refractivity contribution in [2.45, 2.75) is 31.1 Å². The molecule has 0 aliphatic heterocycles. The van der Waals surface area contributed by atoms with Gasteiger partial charge in [0.05, 0.1) is 21.3 Å². The van der Waals surface area contributed by atoms with Crippen molar-refractivity contribution < 1.29 is 12.8 Å². The van der Waals surface area contributed by atoms with Crippen LogP contribution in [0.5, 0.6) is 0 Å². The van der Waals surface area contributed by atoms with Crippen molar-refractivity contribution in [2.24, 2.45) is 0 Å². The van der Waals surface area contributed by atoms with E-state index in [-0.39, 0.29) is 38.2 Å². The molecule has 2 aromatic heterocycles. The summed E-state index contributed by atoms with van der Waals surface area (Å²) >= 11 is 6.11. The molecule has 0 fully saturated rings. The zero-order valence-electron chi connectivity index (χ0n) is 18.1. The molecule has 0 atom stereocenters. The molecule has 0 aliphatic carbocycles. The van der Waals surface area contributed by atoms with Gasteiger partial charge in [-0.15, -0.1) is 10.2 Å². The Morgan fingerprint density at radius 1 is 1.06 bits per heavy atom. The van der Waals surface area contributed by atoms with Gasteiger partial charge >= 0.3 is 0 Å². The number of halogens is 2. The van der Waals surface area contributed by atoms with E-state index >= 15 is 0 Å². The molecule has 33 heavy (non-hydrogen) atoms. The van der Waals surface area contributed by atoms with Crippen LogP contribution in [0.2, 0.25) is 5.02 Å². The summed E-state index contributed by atoms with van der Waals surface area (Å²) in [6.45, 7) is 6.14. The Bertz CT molecular complexity index is 1410. The van der Waals surface area contributed by atoms with Gasteiger partial charge in [-0.2, -0.15) is 0 Å². The average molecular weight is 486 g/mol. The van der Waals surface area contributed by atoms with Gasteiger partial charge in [0, 0.05) is 6.20 Å². The van der Waals surface area contributed by atoms with Gasteiger partial charge < -0.3 is 0 Å². The molecule has 0 radical (unpaired) electrons. The fraction of sp³-hybridized carbons (Fsp3) is 0.174. The number of para-hydroxylation sites is 1. The summed E-state index contributed by atoms with van der Waals surface area (Å²) in [7, 11) is -3.97. The number of nitrogens with one attached hydrogen (secondary N) is 1. The Morgan fingerprint density at radius 2 is 1.76 bits per heavy atom. The van der Waals surface area contributed by atoms with Crippen LogP contribution in [0.4, 0.5) is 10.1 Å². The summed E-state index contributed by atoms with van der Waals surface area (Å²) in [6.07, 6.45) is 2.68. The molecule has 0 unspecified atom stereocenters. The van der Waals surface area contributed by atoms with Crippen molar-refractivity contribution >= 4 is 27.3 Å². The third-order valence-corrected chi connectivity index (χ3v) is 6.59. The minimum absolute atomic E-state index is 0.0806. The lowest BCUT2D eigenvalue weighted by atomic mass is 9.87. The molecular formula is C23H21ClFN5O2S. The van der Waals surface area contributed by atoms with Gasteiger partial charge in [-0.05, 0) is 41.3 Å². The Balaban J connectivity index is 1.76. The number of benzene rings is 2. The molecule has 0 amide bonds. The zero-order chi connectivity index (χ0) is 23.8. The SMILES string of the molecule is CC(C)(C)c1ccc(S(=O)(=O)Nc2cc(Cl)cnc2-c2nncn2-c2ccccc2F)cc1. The summed E-state index contributed by atoms with van der Waals surface area (Å²) in [4.78, 5) is 4.34. The summed E-state index contributed by atoms with van der Waals surface area (Å²) in [5.74, 6) is -0.342. The number of aromatic nitrogens is 4. The van der Waals surface area contributed by atoms with Gasteiger partial charge in [0.1, 0.15) is 17.8 Å². The molecule has 0 aliphatic rings. The van der Waals surface area contributed by atoms with Crippen LogP contribution in [0.25, 0.3) is 17.2 Å². The molecule has 2 heterocycles. The van der Waals surface area contributed by atoms with E-state index < -0.39 is 15.8 Å². The Hall–Kier alpha value is -3.30. The van der Waals surface area contributed by atoms with Gasteiger partial charge in [0.2, 0.25) is 0 Å². The van der Waals surface area contributed by atoms with E-state index in [9.17, 15) is 12.8 Å². The quantitative estimate of drug-likeness (QED) is 0.418. The van der Waals surface area contributed by atoms with Crippen LogP contribution >= 0.6 is 11.6 Å². The standard InChI is InChI=1S/C23H21ClFN5O2S/c1-23(2,3)15-8-10-17(11-9-15)33(31,32)29-19-12-16(24)13-26-21(19)22-28-27-14-30(22)20-7-5-4-6-18(20)25/h4-14,29H,1-3H3. The first-order valence-electron chi connectivity index (χ1n) is 10.0. The monoisotopic (exact) mass is 485 g/mol. The van der Waals surface area contributed by atoms with Crippen molar-refractivity contribution in [3.63, 3.8) is 0 Å². The molecule has 4 rings (SSSR count). The molecule has 0 saturated heterocycles. The maximum atomic E-state index is 14.4. The lowest BCUT2D eigenvalue weighted by molar-refractivity contribution is 0.587. The van der Waals surface area contributed by atoms with Crippen molar-refractivity contribution in [3.8, 4) is 17.2 Å². The van der Waals surface area contributed by atoms with Gasteiger partial charge in [-0.1, -0.05) is 56.6 Å². The highest BCUT2D eigenvalue weighted by molar-refractivity contribution is 7.92. The second-order valence-electron chi connectivity index (χ2n) is 8.41. The number of rotatable bonds is 5. The first-order valence-corrected chi connectivity index (χ1v) is 11.9. The summed E-state index contributed by atoms with van der Waals surface area (Å²) in [6, 6.07) is 14.2. The number of anilines is 1. The summed E-state index contributed by atoms with van der Waals surface area (Å²) in [5.41, 5.74) is 1.32. The zero-order valence-corrected chi connectivity index (χ0v) is 19.7. The molecule has 0 bridgehead atoms. The molecule has 4 aromatic rings. The summed E-state index contributed by atoms with van der Waals surface area (Å²) in [5, 5.41) is 8.12. The molecule has 1 N–H and O–H groups in total. The molecule has 2 aromatic carbocycles. The minimum Gasteiger partial charge on any atom is -0.277 e. The van der Waals surface area contributed by atoms with E-state index in [2.05, 4.69) is 19.9 Å². The van der Waals surface area contributed by atoms with E-state index in [0.717, 1.165) is 5.56 Å². The summed E-state index contributed by atoms with van der Waals surface area (Å²) < 4.78 is 44.6. The van der Waals surface area contributed by atoms with Crippen LogP contribution in [0.1, 0.15) is 26.3 Å². The highest BCUT2D eigenvalue weighted by Gasteiger charge is 2.22. The number of nitrogens with zero attached hydrogens (tertiary/aromatic N) is 4. The highest BCUT2D eigenvalue weighted by Crippen LogP contribution is 2.31. The molecule has 170 valence electrons. The number of pyridine rings is 1. The molecule has 10 heteroatoms. The van der Waals surface area contributed by atoms with Crippen LogP contribution < -0.4 is 4.72 Å². The Kier molecular flexibility index (Phi) is 5.94. The Morgan fingerprint density at radius 3 is 2.42 bits per heavy atom. The van der Waals surface area contributed by atoms with E-state index in [1.54, 1.807) is 42.5 Å². The maximum absolute atomic E-state index is 14.4. The molecule has 7 nitrogen and oxygen atoms in total. The van der Waals surface area contributed by atoms with Gasteiger partial charge in [-0.25, -0.2) is 17.8 Å². The van der Waals surface area contributed by atoms with E-state index in [4.69, 9.17) is 11.6 Å². The second-order valence-corrected chi connectivity index (χ2v) is 10.5. The first kappa shape index (κ1) is 22.9. The van der Waals surface area contributed by atoms with Crippen LogP contribution in [0, 0.1) is 5.82 Å². The van der Waals surface area contributed by atoms with E-state index in [0.29, 0.717) is 0 Å². The topological polar surface area (TPSA) is 89.8 Å². The lowest BCUT2D eigenvalue weighted by Gasteiger charge is -2.19. The van der Waals surface area contributed by atoms with Crippen molar-refractivity contribution in [3.05, 3.63) is 83.5 Å². The fourth-order valence-electron chi connectivity index (χ4n) is 3.25. The maximum Gasteiger partial charge on any atom is 0.261 e. The van der Waals surface area contributed by atoms with Gasteiger partial charge in [0.15, 0.2) is 5.82 Å². The number of hydrogen-bond donors (Lipinski definition) is 1. The van der Waals surface area contributed by atoms with Crippen molar-refractivity contribution in [2.75, 3.05) is 4.72 Å². The molecule has 0 saturated carbocycles. The van der Waals surface area contributed by atoms with Crippen LogP contribution in [0.15, 0.2) is 72.0 Å². The normalized spacial score (nSPS) is 12.0. The third-order valence-electron chi connectivity index (χ3n) is 5.00. The van der Waals surface area contributed by atoms with Crippen molar-refractivity contribution in [1.82, 2.24) is 19.7 Å².